The minimum Gasteiger partial charge on any atom is -0.375 e. The maximum atomic E-state index is 12.2. The van der Waals surface area contributed by atoms with Crippen molar-refractivity contribution in [1.29, 1.82) is 5.26 Å². The van der Waals surface area contributed by atoms with Crippen molar-refractivity contribution in [3.63, 3.8) is 0 Å². The van der Waals surface area contributed by atoms with Crippen molar-refractivity contribution in [2.45, 2.75) is 13.1 Å². The standard InChI is InChI=1S/C19H18ClN3O/c1-23(13-15-7-3-2-4-8-15)14-17(11-21)19(24)22-12-16-9-5-6-10-18(16)20/h2-10,14H,12-13H2,1H3,(H,22,24)/b17-14-. The second-order valence-electron chi connectivity index (χ2n) is 5.33. The summed E-state index contributed by atoms with van der Waals surface area (Å²) in [6, 6.07) is 19.1. The fraction of sp³-hybridized carbons (Fsp3) is 0.158. The molecule has 122 valence electrons. The fourth-order valence-corrected chi connectivity index (χ4v) is 2.39. The van der Waals surface area contributed by atoms with Crippen LogP contribution in [0.1, 0.15) is 11.1 Å². The predicted molar refractivity (Wildman–Crippen MR) is 94.9 cm³/mol. The number of halogens is 1. The first-order valence-electron chi connectivity index (χ1n) is 7.48. The predicted octanol–water partition coefficient (Wildman–Crippen LogP) is 3.50. The summed E-state index contributed by atoms with van der Waals surface area (Å²) >= 11 is 6.06. The van der Waals surface area contributed by atoms with Crippen molar-refractivity contribution >= 4 is 17.5 Å². The molecule has 24 heavy (non-hydrogen) atoms. The van der Waals surface area contributed by atoms with E-state index in [2.05, 4.69) is 5.32 Å². The number of nitrogens with one attached hydrogen (secondary N) is 1. The number of carbonyl (C=O) groups excluding carboxylic acids is 1. The maximum absolute atomic E-state index is 12.2. The van der Waals surface area contributed by atoms with Gasteiger partial charge in [-0.3, -0.25) is 4.79 Å². The Morgan fingerprint density at radius 1 is 1.21 bits per heavy atom. The van der Waals surface area contributed by atoms with Crippen molar-refractivity contribution in [2.24, 2.45) is 0 Å². The van der Waals surface area contributed by atoms with Gasteiger partial charge in [-0.05, 0) is 17.2 Å². The quantitative estimate of drug-likeness (QED) is 0.647. The molecule has 0 radical (unpaired) electrons. The van der Waals surface area contributed by atoms with E-state index < -0.39 is 5.91 Å². The largest absolute Gasteiger partial charge is 0.375 e. The summed E-state index contributed by atoms with van der Waals surface area (Å²) in [5, 5.41) is 12.5. The van der Waals surface area contributed by atoms with Crippen LogP contribution < -0.4 is 5.32 Å². The fourth-order valence-electron chi connectivity index (χ4n) is 2.19. The second kappa shape index (κ2) is 8.76. The molecular formula is C19H18ClN3O. The summed E-state index contributed by atoms with van der Waals surface area (Å²) in [5.74, 6) is -0.419. The lowest BCUT2D eigenvalue weighted by Crippen LogP contribution is -2.25. The Morgan fingerprint density at radius 3 is 2.54 bits per heavy atom. The highest BCUT2D eigenvalue weighted by Crippen LogP contribution is 2.14. The zero-order chi connectivity index (χ0) is 17.4. The molecule has 4 nitrogen and oxygen atoms in total. The summed E-state index contributed by atoms with van der Waals surface area (Å²) in [7, 11) is 1.83. The molecule has 0 heterocycles. The molecule has 0 aliphatic heterocycles. The van der Waals surface area contributed by atoms with Crippen LogP contribution in [0.2, 0.25) is 5.02 Å². The average molecular weight is 340 g/mol. The molecule has 5 heteroatoms. The number of benzene rings is 2. The van der Waals surface area contributed by atoms with Gasteiger partial charge >= 0.3 is 0 Å². The molecule has 0 aliphatic rings. The molecule has 0 fully saturated rings. The Bertz CT molecular complexity index is 766. The van der Waals surface area contributed by atoms with Gasteiger partial charge in [0.2, 0.25) is 0 Å². The molecule has 2 rings (SSSR count). The highest BCUT2D eigenvalue weighted by molar-refractivity contribution is 6.31. The first-order chi connectivity index (χ1) is 11.6. The number of amides is 1. The SMILES string of the molecule is CN(/C=C(/C#N)C(=O)NCc1ccccc1Cl)Cc1ccccc1. The molecule has 0 saturated heterocycles. The molecule has 1 amide bonds. The van der Waals surface area contributed by atoms with E-state index in [1.54, 1.807) is 12.3 Å². The first-order valence-corrected chi connectivity index (χ1v) is 7.85. The molecular weight excluding hydrogens is 322 g/mol. The van der Waals surface area contributed by atoms with Gasteiger partial charge in [0.25, 0.3) is 5.91 Å². The highest BCUT2D eigenvalue weighted by Gasteiger charge is 2.10. The van der Waals surface area contributed by atoms with Gasteiger partial charge < -0.3 is 10.2 Å². The minimum atomic E-state index is -0.419. The van der Waals surface area contributed by atoms with E-state index in [0.29, 0.717) is 11.6 Å². The number of nitriles is 1. The third-order valence-electron chi connectivity index (χ3n) is 3.39. The van der Waals surface area contributed by atoms with Crippen LogP contribution in [0.25, 0.3) is 0 Å². The molecule has 0 aliphatic carbocycles. The van der Waals surface area contributed by atoms with Crippen LogP contribution in [-0.2, 0) is 17.9 Å². The molecule has 2 aromatic rings. The van der Waals surface area contributed by atoms with Crippen molar-refractivity contribution in [1.82, 2.24) is 10.2 Å². The Balaban J connectivity index is 1.98. The van der Waals surface area contributed by atoms with E-state index in [1.807, 2.05) is 66.5 Å². The van der Waals surface area contributed by atoms with Crippen LogP contribution in [0, 0.1) is 11.3 Å². The third-order valence-corrected chi connectivity index (χ3v) is 3.76. The number of hydrogen-bond acceptors (Lipinski definition) is 3. The minimum absolute atomic E-state index is 0.0560. The van der Waals surface area contributed by atoms with Gasteiger partial charge in [-0.2, -0.15) is 5.26 Å². The van der Waals surface area contributed by atoms with Gasteiger partial charge in [0, 0.05) is 31.4 Å². The van der Waals surface area contributed by atoms with Crippen molar-refractivity contribution in [3.8, 4) is 6.07 Å². The molecule has 0 saturated carbocycles. The zero-order valence-electron chi connectivity index (χ0n) is 13.4. The van der Waals surface area contributed by atoms with Gasteiger partial charge in [-0.15, -0.1) is 0 Å². The van der Waals surface area contributed by atoms with E-state index in [9.17, 15) is 10.1 Å². The molecule has 1 N–H and O–H groups in total. The van der Waals surface area contributed by atoms with Crippen LogP contribution in [0.3, 0.4) is 0 Å². The summed E-state index contributed by atoms with van der Waals surface area (Å²) in [4.78, 5) is 14.0. The van der Waals surface area contributed by atoms with Crippen LogP contribution in [0.5, 0.6) is 0 Å². The Labute approximate surface area is 147 Å². The number of rotatable bonds is 6. The second-order valence-corrected chi connectivity index (χ2v) is 5.74. The average Bonchev–Trinajstić information content (AvgIpc) is 2.59. The molecule has 0 unspecified atom stereocenters. The Morgan fingerprint density at radius 2 is 1.88 bits per heavy atom. The van der Waals surface area contributed by atoms with Crippen LogP contribution in [0.4, 0.5) is 0 Å². The van der Waals surface area contributed by atoms with Crippen LogP contribution in [0.15, 0.2) is 66.4 Å². The van der Waals surface area contributed by atoms with E-state index in [4.69, 9.17) is 11.6 Å². The molecule has 0 aromatic heterocycles. The third kappa shape index (κ3) is 5.15. The van der Waals surface area contributed by atoms with E-state index in [-0.39, 0.29) is 12.1 Å². The van der Waals surface area contributed by atoms with Crippen molar-refractivity contribution < 1.29 is 4.79 Å². The normalized spacial score (nSPS) is 10.8. The van der Waals surface area contributed by atoms with Crippen molar-refractivity contribution in [3.05, 3.63) is 82.5 Å². The van der Waals surface area contributed by atoms with Gasteiger partial charge in [0.15, 0.2) is 0 Å². The monoisotopic (exact) mass is 339 g/mol. The summed E-state index contributed by atoms with van der Waals surface area (Å²) < 4.78 is 0. The topological polar surface area (TPSA) is 56.1 Å². The van der Waals surface area contributed by atoms with Gasteiger partial charge in [-0.1, -0.05) is 60.1 Å². The molecule has 0 spiro atoms. The van der Waals surface area contributed by atoms with Gasteiger partial charge in [-0.25, -0.2) is 0 Å². The number of hydrogen-bond donors (Lipinski definition) is 1. The lowest BCUT2D eigenvalue weighted by Gasteiger charge is -2.15. The number of carbonyl (C=O) groups is 1. The zero-order valence-corrected chi connectivity index (χ0v) is 14.1. The first kappa shape index (κ1) is 17.6. The highest BCUT2D eigenvalue weighted by atomic mass is 35.5. The van der Waals surface area contributed by atoms with Gasteiger partial charge in [0.1, 0.15) is 11.6 Å². The van der Waals surface area contributed by atoms with E-state index in [1.165, 1.54) is 0 Å². The Kier molecular flexibility index (Phi) is 6.41. The smallest absolute Gasteiger partial charge is 0.263 e. The lowest BCUT2D eigenvalue weighted by atomic mass is 10.2. The van der Waals surface area contributed by atoms with E-state index >= 15 is 0 Å². The lowest BCUT2D eigenvalue weighted by molar-refractivity contribution is -0.117. The van der Waals surface area contributed by atoms with E-state index in [0.717, 1.165) is 11.1 Å². The molecule has 0 atom stereocenters. The van der Waals surface area contributed by atoms with Crippen LogP contribution in [-0.4, -0.2) is 17.9 Å². The Hall–Kier alpha value is -2.77. The summed E-state index contributed by atoms with van der Waals surface area (Å²) in [5.41, 5.74) is 1.97. The van der Waals surface area contributed by atoms with Crippen LogP contribution >= 0.6 is 11.6 Å². The number of nitrogens with zero attached hydrogens (tertiary/aromatic N) is 2. The molecule has 0 bridgehead atoms. The molecule has 2 aromatic carbocycles. The summed E-state index contributed by atoms with van der Waals surface area (Å²) in [6.45, 7) is 0.893. The van der Waals surface area contributed by atoms with Crippen molar-refractivity contribution in [2.75, 3.05) is 7.05 Å². The summed E-state index contributed by atoms with van der Waals surface area (Å²) in [6.07, 6.45) is 1.55. The maximum Gasteiger partial charge on any atom is 0.263 e. The van der Waals surface area contributed by atoms with Gasteiger partial charge in [0.05, 0.1) is 0 Å².